The third kappa shape index (κ3) is 3.61. The number of hydrogen-bond donors (Lipinski definition) is 1. The van der Waals surface area contributed by atoms with E-state index in [-0.39, 0.29) is 13.4 Å². The fourth-order valence-corrected chi connectivity index (χ4v) is 1.91. The number of ether oxygens (including phenoxy) is 3. The van der Waals surface area contributed by atoms with Gasteiger partial charge in [-0.15, -0.1) is 0 Å². The molecule has 2 rings (SSSR count). The van der Waals surface area contributed by atoms with Crippen LogP contribution >= 0.6 is 0 Å². The Morgan fingerprint density at radius 2 is 1.89 bits per heavy atom. The van der Waals surface area contributed by atoms with Crippen molar-refractivity contribution < 1.29 is 24.1 Å². The zero-order chi connectivity index (χ0) is 13.5. The van der Waals surface area contributed by atoms with Crippen molar-refractivity contribution in [1.82, 2.24) is 0 Å². The molecule has 0 amide bonds. The molecule has 1 aromatic carbocycles. The topological polar surface area (TPSA) is 65.0 Å². The van der Waals surface area contributed by atoms with E-state index in [1.165, 1.54) is 0 Å². The summed E-state index contributed by atoms with van der Waals surface area (Å²) in [6, 6.07) is 3.33. The minimum Gasteiger partial charge on any atom is -0.493 e. The van der Waals surface area contributed by atoms with Gasteiger partial charge in [-0.05, 0) is 25.3 Å². The zero-order valence-electron chi connectivity index (χ0n) is 10.8. The SMILES string of the molecule is O=Cc1cc2c(cc1OCCCCCCO)OCO2. The molecule has 0 aromatic heterocycles. The van der Waals surface area contributed by atoms with Crippen molar-refractivity contribution in [2.24, 2.45) is 0 Å². The van der Waals surface area contributed by atoms with Gasteiger partial charge in [0.2, 0.25) is 6.79 Å². The van der Waals surface area contributed by atoms with Gasteiger partial charge < -0.3 is 19.3 Å². The van der Waals surface area contributed by atoms with Gasteiger partial charge in [0.1, 0.15) is 5.75 Å². The standard InChI is InChI=1S/C14H18O5/c15-5-3-1-2-4-6-17-12-8-14-13(18-10-19-14)7-11(12)9-16/h7-9,15H,1-6,10H2. The Hall–Kier alpha value is -1.75. The van der Waals surface area contributed by atoms with E-state index in [9.17, 15) is 4.79 Å². The summed E-state index contributed by atoms with van der Waals surface area (Å²) in [6.45, 7) is 0.961. The molecule has 1 heterocycles. The monoisotopic (exact) mass is 266 g/mol. The average Bonchev–Trinajstić information content (AvgIpc) is 2.88. The fourth-order valence-electron chi connectivity index (χ4n) is 1.91. The molecule has 0 spiro atoms. The molecule has 1 aliphatic heterocycles. The summed E-state index contributed by atoms with van der Waals surface area (Å²) in [5, 5.41) is 8.66. The van der Waals surface area contributed by atoms with Crippen molar-refractivity contribution in [2.75, 3.05) is 20.0 Å². The molecule has 5 heteroatoms. The van der Waals surface area contributed by atoms with Gasteiger partial charge in [0.05, 0.1) is 12.2 Å². The Morgan fingerprint density at radius 1 is 1.16 bits per heavy atom. The van der Waals surface area contributed by atoms with E-state index in [1.807, 2.05) is 0 Å². The van der Waals surface area contributed by atoms with Crippen LogP contribution in [0.4, 0.5) is 0 Å². The summed E-state index contributed by atoms with van der Waals surface area (Å²) >= 11 is 0. The second-order valence-corrected chi connectivity index (χ2v) is 4.35. The summed E-state index contributed by atoms with van der Waals surface area (Å²) in [4.78, 5) is 11.0. The van der Waals surface area contributed by atoms with Crippen LogP contribution in [0.25, 0.3) is 0 Å². The van der Waals surface area contributed by atoms with Crippen LogP contribution in [-0.2, 0) is 0 Å². The quantitative estimate of drug-likeness (QED) is 0.577. The van der Waals surface area contributed by atoms with Crippen molar-refractivity contribution in [3.05, 3.63) is 17.7 Å². The summed E-state index contributed by atoms with van der Waals surface area (Å²) in [6.07, 6.45) is 4.46. The number of hydrogen-bond acceptors (Lipinski definition) is 5. The van der Waals surface area contributed by atoms with Crippen LogP contribution in [0.5, 0.6) is 17.2 Å². The first-order valence-corrected chi connectivity index (χ1v) is 6.47. The first-order valence-electron chi connectivity index (χ1n) is 6.47. The number of aliphatic hydroxyl groups excluding tert-OH is 1. The lowest BCUT2D eigenvalue weighted by Gasteiger charge is -2.09. The van der Waals surface area contributed by atoms with Crippen LogP contribution in [-0.4, -0.2) is 31.4 Å². The van der Waals surface area contributed by atoms with Crippen LogP contribution < -0.4 is 14.2 Å². The number of aldehydes is 1. The molecule has 1 N–H and O–H groups in total. The van der Waals surface area contributed by atoms with Crippen LogP contribution in [0, 0.1) is 0 Å². The van der Waals surface area contributed by atoms with E-state index in [0.29, 0.717) is 29.4 Å². The zero-order valence-corrected chi connectivity index (χ0v) is 10.8. The highest BCUT2D eigenvalue weighted by atomic mass is 16.7. The largest absolute Gasteiger partial charge is 0.493 e. The second-order valence-electron chi connectivity index (χ2n) is 4.35. The molecule has 0 aliphatic carbocycles. The van der Waals surface area contributed by atoms with Crippen molar-refractivity contribution in [2.45, 2.75) is 25.7 Å². The molecule has 0 radical (unpaired) electrons. The van der Waals surface area contributed by atoms with E-state index in [2.05, 4.69) is 0 Å². The summed E-state index contributed by atoms with van der Waals surface area (Å²) in [5.74, 6) is 1.72. The second kappa shape index (κ2) is 6.99. The molecule has 0 fully saturated rings. The van der Waals surface area contributed by atoms with Gasteiger partial charge in [0.15, 0.2) is 17.8 Å². The maximum atomic E-state index is 11.0. The Kier molecular flexibility index (Phi) is 5.03. The molecule has 0 unspecified atom stereocenters. The lowest BCUT2D eigenvalue weighted by atomic mass is 10.2. The van der Waals surface area contributed by atoms with Gasteiger partial charge in [-0.25, -0.2) is 0 Å². The van der Waals surface area contributed by atoms with E-state index < -0.39 is 0 Å². The molecule has 19 heavy (non-hydrogen) atoms. The third-order valence-electron chi connectivity index (χ3n) is 2.94. The minimum atomic E-state index is 0.179. The normalized spacial score (nSPS) is 12.5. The number of benzene rings is 1. The molecule has 1 aromatic rings. The van der Waals surface area contributed by atoms with Crippen LogP contribution in [0.3, 0.4) is 0 Å². The smallest absolute Gasteiger partial charge is 0.231 e. The number of carbonyl (C=O) groups is 1. The van der Waals surface area contributed by atoms with Crippen LogP contribution in [0.2, 0.25) is 0 Å². The molecular formula is C14H18O5. The fraction of sp³-hybridized carbons (Fsp3) is 0.500. The lowest BCUT2D eigenvalue weighted by molar-refractivity contribution is 0.111. The Morgan fingerprint density at radius 3 is 2.63 bits per heavy atom. The summed E-state index contributed by atoms with van der Waals surface area (Å²) in [7, 11) is 0. The maximum Gasteiger partial charge on any atom is 0.231 e. The van der Waals surface area contributed by atoms with Crippen molar-refractivity contribution in [3.8, 4) is 17.2 Å². The number of fused-ring (bicyclic) bond motifs is 1. The molecule has 0 saturated carbocycles. The van der Waals surface area contributed by atoms with Crippen LogP contribution in [0.1, 0.15) is 36.0 Å². The highest BCUT2D eigenvalue weighted by Gasteiger charge is 2.17. The predicted octanol–water partition coefficient (Wildman–Crippen LogP) is 2.16. The minimum absolute atomic E-state index is 0.179. The van der Waals surface area contributed by atoms with Gasteiger partial charge in [0, 0.05) is 12.7 Å². The van der Waals surface area contributed by atoms with Gasteiger partial charge in [-0.1, -0.05) is 6.42 Å². The van der Waals surface area contributed by atoms with Crippen molar-refractivity contribution in [3.63, 3.8) is 0 Å². The van der Waals surface area contributed by atoms with Gasteiger partial charge in [-0.3, -0.25) is 4.79 Å². The lowest BCUT2D eigenvalue weighted by Crippen LogP contribution is -2.00. The molecule has 5 nitrogen and oxygen atoms in total. The number of rotatable bonds is 8. The van der Waals surface area contributed by atoms with Gasteiger partial charge >= 0.3 is 0 Å². The average molecular weight is 266 g/mol. The number of unbranched alkanes of at least 4 members (excludes halogenated alkanes) is 3. The van der Waals surface area contributed by atoms with Crippen LogP contribution in [0.15, 0.2) is 12.1 Å². The first kappa shape index (κ1) is 13.7. The first-order chi connectivity index (χ1) is 9.35. The Bertz CT molecular complexity index is 430. The predicted molar refractivity (Wildman–Crippen MR) is 69.0 cm³/mol. The van der Waals surface area contributed by atoms with Gasteiger partial charge in [-0.2, -0.15) is 0 Å². The highest BCUT2D eigenvalue weighted by Crippen LogP contribution is 2.37. The van der Waals surface area contributed by atoms with Crippen molar-refractivity contribution >= 4 is 6.29 Å². The summed E-state index contributed by atoms with van der Waals surface area (Å²) in [5.41, 5.74) is 0.472. The Labute approximate surface area is 112 Å². The maximum absolute atomic E-state index is 11.0. The van der Waals surface area contributed by atoms with E-state index in [0.717, 1.165) is 32.0 Å². The summed E-state index contributed by atoms with van der Waals surface area (Å²) < 4.78 is 16.1. The molecule has 0 atom stereocenters. The Balaban J connectivity index is 1.87. The van der Waals surface area contributed by atoms with Crippen molar-refractivity contribution in [1.29, 1.82) is 0 Å². The number of carbonyl (C=O) groups excluding carboxylic acids is 1. The molecule has 104 valence electrons. The van der Waals surface area contributed by atoms with E-state index in [1.54, 1.807) is 12.1 Å². The highest BCUT2D eigenvalue weighted by molar-refractivity contribution is 5.81. The molecule has 0 saturated heterocycles. The molecular weight excluding hydrogens is 248 g/mol. The van der Waals surface area contributed by atoms with E-state index >= 15 is 0 Å². The molecule has 1 aliphatic rings. The number of aliphatic hydroxyl groups is 1. The van der Waals surface area contributed by atoms with E-state index in [4.69, 9.17) is 19.3 Å². The van der Waals surface area contributed by atoms with Gasteiger partial charge in [0.25, 0.3) is 0 Å². The third-order valence-corrected chi connectivity index (χ3v) is 2.94. The molecule has 0 bridgehead atoms.